The molecule has 2 aromatic carbocycles. The Morgan fingerprint density at radius 2 is 1.82 bits per heavy atom. The van der Waals surface area contributed by atoms with Gasteiger partial charge in [0.2, 0.25) is 0 Å². The van der Waals surface area contributed by atoms with Crippen molar-refractivity contribution in [2.45, 2.75) is 6.54 Å². The molecule has 0 spiro atoms. The van der Waals surface area contributed by atoms with Gasteiger partial charge in [-0.1, -0.05) is 48.0 Å². The first-order valence-corrected chi connectivity index (χ1v) is 10.0. The number of benzene rings is 2. The molecule has 3 aromatic heterocycles. The van der Waals surface area contributed by atoms with Crippen LogP contribution in [0, 0.1) is 0 Å². The molecule has 0 amide bonds. The quantitative estimate of drug-likeness (QED) is 0.406. The molecule has 0 aliphatic carbocycles. The van der Waals surface area contributed by atoms with E-state index in [1.54, 1.807) is 17.1 Å². The van der Waals surface area contributed by atoms with Crippen LogP contribution in [0.25, 0.3) is 32.2 Å². The molecule has 0 fully saturated rings. The Balaban J connectivity index is 1.65. The lowest BCUT2D eigenvalue weighted by Crippen LogP contribution is -2.21. The standard InChI is InChI=1S/C22H14ClN3OS/c23-17-8-6-14(7-9-17)18-12-28-21-19(18)22(27)26(13-25-21)11-16-4-1-3-15-5-2-10-24-20(15)16/h1-10,12-13H,11H2. The summed E-state index contributed by atoms with van der Waals surface area (Å²) in [5, 5.41) is 4.34. The van der Waals surface area contributed by atoms with E-state index in [-0.39, 0.29) is 5.56 Å². The predicted octanol–water partition coefficient (Wildman–Crippen LogP) is 5.37. The molecule has 3 heterocycles. The van der Waals surface area contributed by atoms with Crippen LogP contribution in [0.4, 0.5) is 0 Å². The lowest BCUT2D eigenvalue weighted by Gasteiger charge is -2.09. The van der Waals surface area contributed by atoms with Crippen molar-refractivity contribution >= 4 is 44.1 Å². The Bertz CT molecular complexity index is 1370. The first kappa shape index (κ1) is 17.1. The first-order valence-electron chi connectivity index (χ1n) is 8.76. The van der Waals surface area contributed by atoms with E-state index < -0.39 is 0 Å². The van der Waals surface area contributed by atoms with Gasteiger partial charge in [0.15, 0.2) is 0 Å². The van der Waals surface area contributed by atoms with Crippen LogP contribution >= 0.6 is 22.9 Å². The molecule has 5 aromatic rings. The van der Waals surface area contributed by atoms with Crippen molar-refractivity contribution in [1.82, 2.24) is 14.5 Å². The van der Waals surface area contributed by atoms with Crippen LogP contribution in [-0.4, -0.2) is 14.5 Å². The van der Waals surface area contributed by atoms with Crippen molar-refractivity contribution in [3.8, 4) is 11.1 Å². The van der Waals surface area contributed by atoms with E-state index in [0.29, 0.717) is 17.0 Å². The van der Waals surface area contributed by atoms with Gasteiger partial charge in [-0.15, -0.1) is 11.3 Å². The third-order valence-electron chi connectivity index (χ3n) is 4.77. The van der Waals surface area contributed by atoms with Gasteiger partial charge in [-0.2, -0.15) is 0 Å². The molecule has 0 aliphatic heterocycles. The average Bonchev–Trinajstić information content (AvgIpc) is 3.16. The summed E-state index contributed by atoms with van der Waals surface area (Å²) in [6, 6.07) is 17.5. The van der Waals surface area contributed by atoms with E-state index in [4.69, 9.17) is 11.6 Å². The molecule has 0 saturated carbocycles. The van der Waals surface area contributed by atoms with Crippen LogP contribution in [-0.2, 0) is 6.54 Å². The van der Waals surface area contributed by atoms with Crippen molar-refractivity contribution in [3.63, 3.8) is 0 Å². The van der Waals surface area contributed by atoms with E-state index >= 15 is 0 Å². The van der Waals surface area contributed by atoms with Gasteiger partial charge >= 0.3 is 0 Å². The molecule has 0 atom stereocenters. The summed E-state index contributed by atoms with van der Waals surface area (Å²) < 4.78 is 1.65. The number of pyridine rings is 1. The fourth-order valence-corrected chi connectivity index (χ4v) is 4.43. The fourth-order valence-electron chi connectivity index (χ4n) is 3.40. The first-order chi connectivity index (χ1) is 13.7. The summed E-state index contributed by atoms with van der Waals surface area (Å²) in [5.41, 5.74) is 3.69. The highest BCUT2D eigenvalue weighted by atomic mass is 35.5. The summed E-state index contributed by atoms with van der Waals surface area (Å²) in [6.45, 7) is 0.423. The van der Waals surface area contributed by atoms with Gasteiger partial charge < -0.3 is 0 Å². The Morgan fingerprint density at radius 1 is 1.00 bits per heavy atom. The van der Waals surface area contributed by atoms with E-state index in [1.165, 1.54) is 11.3 Å². The summed E-state index contributed by atoms with van der Waals surface area (Å²) in [6.07, 6.45) is 3.39. The van der Waals surface area contributed by atoms with Gasteiger partial charge in [0, 0.05) is 27.5 Å². The molecule has 5 rings (SSSR count). The lowest BCUT2D eigenvalue weighted by atomic mass is 10.1. The lowest BCUT2D eigenvalue weighted by molar-refractivity contribution is 0.752. The fraction of sp³-hybridized carbons (Fsp3) is 0.0455. The number of thiophene rings is 1. The highest BCUT2D eigenvalue weighted by Gasteiger charge is 2.14. The summed E-state index contributed by atoms with van der Waals surface area (Å²) in [5.74, 6) is 0. The van der Waals surface area contributed by atoms with Crippen molar-refractivity contribution in [1.29, 1.82) is 0 Å². The third-order valence-corrected chi connectivity index (χ3v) is 5.91. The smallest absolute Gasteiger partial charge is 0.263 e. The monoisotopic (exact) mass is 403 g/mol. The molecule has 0 aliphatic rings. The van der Waals surface area contributed by atoms with E-state index in [0.717, 1.165) is 32.4 Å². The Morgan fingerprint density at radius 3 is 2.68 bits per heavy atom. The SMILES string of the molecule is O=c1c2c(-c3ccc(Cl)cc3)csc2ncn1Cc1cccc2cccnc12. The zero-order valence-electron chi connectivity index (χ0n) is 14.7. The van der Waals surface area contributed by atoms with Crippen molar-refractivity contribution in [3.05, 3.63) is 93.4 Å². The number of hydrogen-bond acceptors (Lipinski definition) is 4. The van der Waals surface area contributed by atoms with Crippen LogP contribution in [0.15, 0.2) is 77.3 Å². The topological polar surface area (TPSA) is 47.8 Å². The zero-order chi connectivity index (χ0) is 19.1. The maximum Gasteiger partial charge on any atom is 0.263 e. The van der Waals surface area contributed by atoms with Crippen molar-refractivity contribution in [2.24, 2.45) is 0 Å². The maximum atomic E-state index is 13.3. The molecule has 0 radical (unpaired) electrons. The molecule has 0 saturated heterocycles. The van der Waals surface area contributed by atoms with Gasteiger partial charge in [0.1, 0.15) is 4.83 Å². The molecule has 4 nitrogen and oxygen atoms in total. The van der Waals surface area contributed by atoms with Crippen LogP contribution in [0.2, 0.25) is 5.02 Å². The predicted molar refractivity (Wildman–Crippen MR) is 115 cm³/mol. The molecule has 0 unspecified atom stereocenters. The van der Waals surface area contributed by atoms with Crippen molar-refractivity contribution in [2.75, 3.05) is 0 Å². The second kappa shape index (κ2) is 6.86. The van der Waals surface area contributed by atoms with E-state index in [1.807, 2.05) is 60.0 Å². The highest BCUT2D eigenvalue weighted by molar-refractivity contribution is 7.17. The van der Waals surface area contributed by atoms with Crippen LogP contribution in [0.1, 0.15) is 5.56 Å². The average molecular weight is 404 g/mol. The summed E-state index contributed by atoms with van der Waals surface area (Å²) >= 11 is 7.48. The van der Waals surface area contributed by atoms with Gasteiger partial charge in [0.25, 0.3) is 5.56 Å². The zero-order valence-corrected chi connectivity index (χ0v) is 16.2. The normalized spacial score (nSPS) is 11.3. The summed E-state index contributed by atoms with van der Waals surface area (Å²) in [7, 11) is 0. The number of para-hydroxylation sites is 1. The number of halogens is 1. The molecular formula is C22H14ClN3OS. The van der Waals surface area contributed by atoms with Gasteiger partial charge in [-0.25, -0.2) is 4.98 Å². The number of fused-ring (bicyclic) bond motifs is 2. The van der Waals surface area contributed by atoms with Gasteiger partial charge in [-0.3, -0.25) is 14.3 Å². The van der Waals surface area contributed by atoms with Gasteiger partial charge in [-0.05, 0) is 29.3 Å². The molecular weight excluding hydrogens is 390 g/mol. The second-order valence-electron chi connectivity index (χ2n) is 6.51. The number of nitrogens with zero attached hydrogens (tertiary/aromatic N) is 3. The highest BCUT2D eigenvalue weighted by Crippen LogP contribution is 2.31. The van der Waals surface area contributed by atoms with E-state index in [9.17, 15) is 4.79 Å². The minimum Gasteiger partial charge on any atom is -0.294 e. The largest absolute Gasteiger partial charge is 0.294 e. The number of rotatable bonds is 3. The maximum absolute atomic E-state index is 13.3. The van der Waals surface area contributed by atoms with E-state index in [2.05, 4.69) is 9.97 Å². The minimum atomic E-state index is -0.0517. The molecule has 0 N–H and O–H groups in total. The molecule has 136 valence electrons. The Hall–Kier alpha value is -3.02. The number of hydrogen-bond donors (Lipinski definition) is 0. The summed E-state index contributed by atoms with van der Waals surface area (Å²) in [4.78, 5) is 23.0. The van der Waals surface area contributed by atoms with Crippen LogP contribution in [0.5, 0.6) is 0 Å². The van der Waals surface area contributed by atoms with Crippen molar-refractivity contribution < 1.29 is 0 Å². The Labute approximate surface area is 169 Å². The minimum absolute atomic E-state index is 0.0517. The number of aromatic nitrogens is 3. The van der Waals surface area contributed by atoms with Crippen LogP contribution in [0.3, 0.4) is 0 Å². The second-order valence-corrected chi connectivity index (χ2v) is 7.80. The van der Waals surface area contributed by atoms with Gasteiger partial charge in [0.05, 0.1) is 23.8 Å². The Kier molecular flexibility index (Phi) is 4.19. The molecule has 0 bridgehead atoms. The third kappa shape index (κ3) is 2.89. The molecule has 6 heteroatoms. The van der Waals surface area contributed by atoms with Crippen LogP contribution < -0.4 is 5.56 Å². The molecule has 28 heavy (non-hydrogen) atoms.